The van der Waals surface area contributed by atoms with Crippen LogP contribution in [0.3, 0.4) is 0 Å². The summed E-state index contributed by atoms with van der Waals surface area (Å²) in [6.07, 6.45) is 0. The average Bonchev–Trinajstić information content (AvgIpc) is 2.27. The van der Waals surface area contributed by atoms with Crippen LogP contribution in [0.4, 0.5) is 11.4 Å². The van der Waals surface area contributed by atoms with Gasteiger partial charge in [-0.1, -0.05) is 12.1 Å². The van der Waals surface area contributed by atoms with Crippen LogP contribution in [-0.4, -0.2) is 23.8 Å². The molecule has 0 N–H and O–H groups in total. The van der Waals surface area contributed by atoms with E-state index in [4.69, 9.17) is 11.6 Å². The molecule has 0 radical (unpaired) electrons. The Hall–Kier alpha value is -1.62. The molecule has 1 rings (SSSR count). The largest absolute Gasteiger partial charge is 0.309 e. The highest BCUT2D eigenvalue weighted by Crippen LogP contribution is 2.26. The maximum absolute atomic E-state index is 11.3. The second kappa shape index (κ2) is 4.75. The van der Waals surface area contributed by atoms with E-state index >= 15 is 0 Å². The number of carbonyl (C=O) groups is 1. The first kappa shape index (κ1) is 11.5. The number of benzene rings is 1. The number of anilines is 1. The van der Waals surface area contributed by atoms with Crippen molar-refractivity contribution < 1.29 is 9.72 Å². The summed E-state index contributed by atoms with van der Waals surface area (Å²) < 4.78 is 0. The van der Waals surface area contributed by atoms with Gasteiger partial charge in [-0.2, -0.15) is 0 Å². The number of para-hydroxylation sites is 2. The summed E-state index contributed by atoms with van der Waals surface area (Å²) in [5.74, 6) is -0.589. The van der Waals surface area contributed by atoms with E-state index in [0.29, 0.717) is 0 Å². The molecule has 0 atom stereocenters. The van der Waals surface area contributed by atoms with Gasteiger partial charge < -0.3 is 4.90 Å². The fourth-order valence-corrected chi connectivity index (χ4v) is 1.31. The average molecular weight is 229 g/mol. The zero-order valence-electron chi connectivity index (χ0n) is 8.01. The third-order valence-corrected chi connectivity index (χ3v) is 2.16. The lowest BCUT2D eigenvalue weighted by Gasteiger charge is -2.15. The predicted molar refractivity (Wildman–Crippen MR) is 57.2 cm³/mol. The number of hydrogen-bond donors (Lipinski definition) is 0. The maximum atomic E-state index is 11.3. The maximum Gasteiger partial charge on any atom is 0.292 e. The Bertz CT molecular complexity index is 395. The van der Waals surface area contributed by atoms with Gasteiger partial charge in [0.25, 0.3) is 5.69 Å². The molecule has 0 aliphatic heterocycles. The molecule has 0 aromatic heterocycles. The molecule has 80 valence electrons. The Morgan fingerprint density at radius 3 is 2.67 bits per heavy atom. The first-order valence-corrected chi connectivity index (χ1v) is 4.67. The number of nitro benzene ring substituents is 1. The van der Waals surface area contributed by atoms with E-state index in [1.807, 2.05) is 0 Å². The fourth-order valence-electron chi connectivity index (χ4n) is 1.13. The van der Waals surface area contributed by atoms with E-state index in [0.717, 1.165) is 0 Å². The van der Waals surface area contributed by atoms with Crippen molar-refractivity contribution in [3.05, 3.63) is 34.4 Å². The molecule has 0 saturated heterocycles. The minimum atomic E-state index is -0.534. The lowest BCUT2D eigenvalue weighted by Crippen LogP contribution is -2.27. The number of hydrogen-bond acceptors (Lipinski definition) is 3. The summed E-state index contributed by atoms with van der Waals surface area (Å²) in [6, 6.07) is 6.01. The molecule has 0 saturated carbocycles. The first-order chi connectivity index (χ1) is 7.07. The van der Waals surface area contributed by atoms with Crippen LogP contribution in [0, 0.1) is 10.1 Å². The molecule has 6 heteroatoms. The summed E-state index contributed by atoms with van der Waals surface area (Å²) in [6.45, 7) is 0. The monoisotopic (exact) mass is 228 g/mol. The zero-order valence-corrected chi connectivity index (χ0v) is 8.77. The summed E-state index contributed by atoms with van der Waals surface area (Å²) in [5.41, 5.74) is 0.131. The molecule has 0 heterocycles. The quantitative estimate of drug-likeness (QED) is 0.450. The lowest BCUT2D eigenvalue weighted by atomic mass is 10.2. The molecule has 0 fully saturated rings. The number of alkyl halides is 1. The normalized spacial score (nSPS) is 9.73. The third kappa shape index (κ3) is 2.44. The van der Waals surface area contributed by atoms with Crippen LogP contribution in [-0.2, 0) is 4.79 Å². The van der Waals surface area contributed by atoms with E-state index in [2.05, 4.69) is 0 Å². The second-order valence-electron chi connectivity index (χ2n) is 2.83. The zero-order chi connectivity index (χ0) is 11.4. The van der Waals surface area contributed by atoms with Gasteiger partial charge in [-0.05, 0) is 6.07 Å². The Morgan fingerprint density at radius 1 is 1.53 bits per heavy atom. The van der Waals surface area contributed by atoms with E-state index < -0.39 is 4.92 Å². The predicted octanol–water partition coefficient (Wildman–Crippen LogP) is 1.80. The Morgan fingerprint density at radius 2 is 2.13 bits per heavy atom. The molecule has 0 aliphatic carbocycles. The van der Waals surface area contributed by atoms with Gasteiger partial charge in [0, 0.05) is 13.1 Å². The molecular weight excluding hydrogens is 220 g/mol. The summed E-state index contributed by atoms with van der Waals surface area (Å²) in [7, 11) is 1.45. The number of halogens is 1. The van der Waals surface area contributed by atoms with E-state index in [1.54, 1.807) is 12.1 Å². The molecular formula is C9H9ClN2O3. The van der Waals surface area contributed by atoms with E-state index in [-0.39, 0.29) is 23.2 Å². The van der Waals surface area contributed by atoms with Crippen molar-refractivity contribution in [3.63, 3.8) is 0 Å². The molecule has 0 unspecified atom stereocenters. The van der Waals surface area contributed by atoms with Crippen molar-refractivity contribution in [1.29, 1.82) is 0 Å². The van der Waals surface area contributed by atoms with Crippen molar-refractivity contribution in [2.75, 3.05) is 17.8 Å². The molecule has 1 aromatic rings. The van der Waals surface area contributed by atoms with Gasteiger partial charge in [0.05, 0.1) is 4.92 Å². The van der Waals surface area contributed by atoms with Crippen molar-refractivity contribution in [2.24, 2.45) is 0 Å². The van der Waals surface area contributed by atoms with Crippen LogP contribution in [0.5, 0.6) is 0 Å². The molecule has 1 amide bonds. The number of rotatable bonds is 3. The van der Waals surface area contributed by atoms with Crippen molar-refractivity contribution in [2.45, 2.75) is 0 Å². The van der Waals surface area contributed by atoms with Crippen LogP contribution in [0.2, 0.25) is 0 Å². The van der Waals surface area contributed by atoms with Crippen molar-refractivity contribution in [3.8, 4) is 0 Å². The number of nitrogens with zero attached hydrogens (tertiary/aromatic N) is 2. The van der Waals surface area contributed by atoms with Crippen molar-refractivity contribution in [1.82, 2.24) is 0 Å². The van der Waals surface area contributed by atoms with Gasteiger partial charge in [0.2, 0.25) is 5.91 Å². The lowest BCUT2D eigenvalue weighted by molar-refractivity contribution is -0.384. The van der Waals surface area contributed by atoms with Crippen LogP contribution in [0.15, 0.2) is 24.3 Å². The molecule has 15 heavy (non-hydrogen) atoms. The molecule has 0 aliphatic rings. The second-order valence-corrected chi connectivity index (χ2v) is 3.10. The molecule has 5 nitrogen and oxygen atoms in total. The van der Waals surface area contributed by atoms with Crippen LogP contribution < -0.4 is 4.90 Å². The molecule has 0 bridgehead atoms. The van der Waals surface area contributed by atoms with E-state index in [9.17, 15) is 14.9 Å². The van der Waals surface area contributed by atoms with Gasteiger partial charge >= 0.3 is 0 Å². The highest BCUT2D eigenvalue weighted by Gasteiger charge is 2.19. The highest BCUT2D eigenvalue weighted by atomic mass is 35.5. The SMILES string of the molecule is CN(C(=O)CCl)c1ccccc1[N+](=O)[O-]. The fraction of sp³-hybridized carbons (Fsp3) is 0.222. The van der Waals surface area contributed by atoms with Crippen molar-refractivity contribution >= 4 is 28.9 Å². The minimum Gasteiger partial charge on any atom is -0.309 e. The Labute approximate surface area is 91.4 Å². The van der Waals surface area contributed by atoms with Gasteiger partial charge in [-0.25, -0.2) is 0 Å². The highest BCUT2D eigenvalue weighted by molar-refractivity contribution is 6.29. The van der Waals surface area contributed by atoms with E-state index in [1.165, 1.54) is 24.1 Å². The topological polar surface area (TPSA) is 63.5 Å². The Balaban J connectivity index is 3.13. The number of nitro groups is 1. The summed E-state index contributed by atoms with van der Waals surface area (Å²) >= 11 is 5.37. The van der Waals surface area contributed by atoms with Crippen LogP contribution in [0.25, 0.3) is 0 Å². The number of carbonyl (C=O) groups excluding carboxylic acids is 1. The Kier molecular flexibility index (Phi) is 3.62. The van der Waals surface area contributed by atoms with Crippen LogP contribution in [0.1, 0.15) is 0 Å². The van der Waals surface area contributed by atoms with Gasteiger partial charge in [0.1, 0.15) is 11.6 Å². The van der Waals surface area contributed by atoms with Gasteiger partial charge in [0.15, 0.2) is 0 Å². The van der Waals surface area contributed by atoms with Gasteiger partial charge in [-0.3, -0.25) is 14.9 Å². The third-order valence-electron chi connectivity index (χ3n) is 1.93. The standard InChI is InChI=1S/C9H9ClN2O3/c1-11(9(13)6-10)7-4-2-3-5-8(7)12(14)15/h2-5H,6H2,1H3. The van der Waals surface area contributed by atoms with Crippen LogP contribution >= 0.6 is 11.6 Å². The summed E-state index contributed by atoms with van der Waals surface area (Å²) in [5, 5.41) is 10.7. The minimum absolute atomic E-state index is 0.113. The summed E-state index contributed by atoms with van der Waals surface area (Å²) in [4.78, 5) is 22.6. The number of amides is 1. The van der Waals surface area contributed by atoms with Gasteiger partial charge in [-0.15, -0.1) is 11.6 Å². The molecule has 1 aromatic carbocycles. The first-order valence-electron chi connectivity index (χ1n) is 4.14. The smallest absolute Gasteiger partial charge is 0.292 e. The molecule has 0 spiro atoms.